The zero-order valence-corrected chi connectivity index (χ0v) is 19.6. The van der Waals surface area contributed by atoms with Gasteiger partial charge >= 0.3 is 0 Å². The molecule has 4 rings (SSSR count). The van der Waals surface area contributed by atoms with Crippen LogP contribution in [-0.4, -0.2) is 45.3 Å². The molecule has 0 bridgehead atoms. The Bertz CT molecular complexity index is 1120. The smallest absolute Gasteiger partial charge is 0.247 e. The average molecular weight is 459 g/mol. The van der Waals surface area contributed by atoms with Gasteiger partial charge in [-0.15, -0.1) is 0 Å². The van der Waals surface area contributed by atoms with Crippen LogP contribution in [0.15, 0.2) is 73.1 Å². The van der Waals surface area contributed by atoms with Crippen molar-refractivity contribution in [3.63, 3.8) is 0 Å². The molecule has 1 aromatic heterocycles. The van der Waals surface area contributed by atoms with Crippen LogP contribution in [0.3, 0.4) is 0 Å². The maximum absolute atomic E-state index is 13.4. The van der Waals surface area contributed by atoms with Crippen LogP contribution in [0, 0.1) is 0 Å². The fourth-order valence-corrected chi connectivity index (χ4v) is 4.30. The highest BCUT2D eigenvalue weighted by molar-refractivity contribution is 5.91. The first-order valence-corrected chi connectivity index (χ1v) is 11.6. The molecule has 7 heteroatoms. The van der Waals surface area contributed by atoms with Crippen LogP contribution in [0.1, 0.15) is 43.9 Å². The molecule has 3 aromatic rings. The molecule has 0 unspecified atom stereocenters. The minimum atomic E-state index is -1.01. The first-order chi connectivity index (χ1) is 16.4. The molecule has 1 fully saturated rings. The number of aromatic nitrogens is 2. The van der Waals surface area contributed by atoms with Crippen molar-refractivity contribution in [3.8, 4) is 11.6 Å². The molecule has 176 valence electrons. The van der Waals surface area contributed by atoms with Crippen molar-refractivity contribution >= 4 is 11.8 Å². The highest BCUT2D eigenvalue weighted by Gasteiger charge is 2.37. The van der Waals surface area contributed by atoms with Gasteiger partial charge in [0.15, 0.2) is 0 Å². The predicted molar refractivity (Wildman–Crippen MR) is 129 cm³/mol. The molecule has 1 aliphatic rings. The third kappa shape index (κ3) is 5.78. The van der Waals surface area contributed by atoms with Gasteiger partial charge in [0.05, 0.1) is 6.42 Å². The van der Waals surface area contributed by atoms with E-state index in [9.17, 15) is 9.59 Å². The second-order valence-electron chi connectivity index (χ2n) is 9.09. The number of carbonyl (C=O) groups excluding carboxylic acids is 2. The summed E-state index contributed by atoms with van der Waals surface area (Å²) < 4.78 is 6.00. The number of nitrogens with one attached hydrogen (secondary N) is 1. The van der Waals surface area contributed by atoms with Gasteiger partial charge in [-0.2, -0.15) is 0 Å². The molecule has 1 N–H and O–H groups in total. The summed E-state index contributed by atoms with van der Waals surface area (Å²) in [6.07, 6.45) is 5.22. The Balaban J connectivity index is 1.43. The van der Waals surface area contributed by atoms with E-state index in [2.05, 4.69) is 15.3 Å². The number of carbonyl (C=O) groups is 2. The first-order valence-electron chi connectivity index (χ1n) is 11.6. The molecule has 0 radical (unpaired) electrons. The van der Waals surface area contributed by atoms with E-state index in [1.807, 2.05) is 65.6 Å². The molecule has 2 aromatic carbocycles. The van der Waals surface area contributed by atoms with Crippen LogP contribution >= 0.6 is 0 Å². The summed E-state index contributed by atoms with van der Waals surface area (Å²) in [7, 11) is 0. The molecule has 0 saturated carbocycles. The highest BCUT2D eigenvalue weighted by atomic mass is 16.5. The third-order valence-electron chi connectivity index (χ3n) is 5.94. The number of benzene rings is 2. The number of piperidine rings is 1. The first kappa shape index (κ1) is 23.4. The number of amides is 2. The van der Waals surface area contributed by atoms with E-state index in [-0.39, 0.29) is 24.2 Å². The van der Waals surface area contributed by atoms with E-state index in [0.717, 1.165) is 24.1 Å². The number of hydrogen-bond acceptors (Lipinski definition) is 5. The molecule has 1 atom stereocenters. The van der Waals surface area contributed by atoms with Crippen LogP contribution in [-0.2, 0) is 16.0 Å². The van der Waals surface area contributed by atoms with Gasteiger partial charge in [-0.3, -0.25) is 14.6 Å². The summed E-state index contributed by atoms with van der Waals surface area (Å²) in [6, 6.07) is 19.0. The SMILES string of the molecule is CC(C)(NC(=O)Cc1ccccc1)C(=O)N1CCC[C@H](c2nccnc2Oc2ccccc2)C1. The summed E-state index contributed by atoms with van der Waals surface area (Å²) in [4.78, 5) is 36.8. The van der Waals surface area contributed by atoms with Gasteiger partial charge in [-0.25, -0.2) is 4.98 Å². The molecular formula is C27H30N4O3. The summed E-state index contributed by atoms with van der Waals surface area (Å²) in [5.74, 6) is 0.873. The average Bonchev–Trinajstić information content (AvgIpc) is 2.85. The fraction of sp³-hybridized carbons (Fsp3) is 0.333. The number of ether oxygens (including phenoxy) is 1. The Morgan fingerprint density at radius 2 is 1.71 bits per heavy atom. The minimum absolute atomic E-state index is 0.000863. The van der Waals surface area contributed by atoms with Crippen LogP contribution in [0.5, 0.6) is 11.6 Å². The lowest BCUT2D eigenvalue weighted by Gasteiger charge is -2.37. The van der Waals surface area contributed by atoms with Gasteiger partial charge in [-0.1, -0.05) is 48.5 Å². The zero-order valence-electron chi connectivity index (χ0n) is 19.6. The topological polar surface area (TPSA) is 84.4 Å². The van der Waals surface area contributed by atoms with Crippen molar-refractivity contribution in [2.45, 2.75) is 44.6 Å². The fourth-order valence-electron chi connectivity index (χ4n) is 4.30. The molecule has 2 heterocycles. The summed E-state index contributed by atoms with van der Waals surface area (Å²) in [5, 5.41) is 2.92. The third-order valence-corrected chi connectivity index (χ3v) is 5.94. The van der Waals surface area contributed by atoms with E-state index >= 15 is 0 Å². The maximum atomic E-state index is 13.4. The molecule has 1 saturated heterocycles. The number of para-hydroxylation sites is 1. The number of rotatable bonds is 7. The largest absolute Gasteiger partial charge is 0.437 e. The van der Waals surface area contributed by atoms with Crippen LogP contribution in [0.4, 0.5) is 0 Å². The summed E-state index contributed by atoms with van der Waals surface area (Å²) >= 11 is 0. The summed E-state index contributed by atoms with van der Waals surface area (Å²) in [5.41, 5.74) is 0.643. The second kappa shape index (κ2) is 10.5. The van der Waals surface area contributed by atoms with Gasteiger partial charge in [0.25, 0.3) is 0 Å². The van der Waals surface area contributed by atoms with E-state index in [1.165, 1.54) is 0 Å². The van der Waals surface area contributed by atoms with Gasteiger partial charge in [0.2, 0.25) is 17.7 Å². The lowest BCUT2D eigenvalue weighted by molar-refractivity contribution is -0.141. The monoisotopic (exact) mass is 458 g/mol. The van der Waals surface area contributed by atoms with E-state index in [0.29, 0.717) is 24.7 Å². The van der Waals surface area contributed by atoms with E-state index in [1.54, 1.807) is 26.2 Å². The minimum Gasteiger partial charge on any atom is -0.437 e. The Morgan fingerprint density at radius 1 is 1.03 bits per heavy atom. The molecular weight excluding hydrogens is 428 g/mol. The van der Waals surface area contributed by atoms with Crippen LogP contribution in [0.2, 0.25) is 0 Å². The lowest BCUT2D eigenvalue weighted by atomic mass is 9.92. The van der Waals surface area contributed by atoms with Crippen LogP contribution < -0.4 is 10.1 Å². The van der Waals surface area contributed by atoms with Crippen molar-refractivity contribution in [2.75, 3.05) is 13.1 Å². The quantitative estimate of drug-likeness (QED) is 0.576. The van der Waals surface area contributed by atoms with Crippen molar-refractivity contribution in [1.82, 2.24) is 20.2 Å². The van der Waals surface area contributed by atoms with Crippen LogP contribution in [0.25, 0.3) is 0 Å². The van der Waals surface area contributed by atoms with Crippen molar-refractivity contribution in [2.24, 2.45) is 0 Å². The predicted octanol–water partition coefficient (Wildman–Crippen LogP) is 4.11. The van der Waals surface area contributed by atoms with Gasteiger partial charge in [0, 0.05) is 31.4 Å². The Labute approximate surface area is 200 Å². The van der Waals surface area contributed by atoms with Gasteiger partial charge in [-0.05, 0) is 44.4 Å². The van der Waals surface area contributed by atoms with Crippen molar-refractivity contribution in [1.29, 1.82) is 0 Å². The van der Waals surface area contributed by atoms with Gasteiger partial charge < -0.3 is 15.0 Å². The van der Waals surface area contributed by atoms with Gasteiger partial charge in [0.1, 0.15) is 17.0 Å². The molecule has 0 aliphatic carbocycles. The number of hydrogen-bond donors (Lipinski definition) is 1. The second-order valence-corrected chi connectivity index (χ2v) is 9.09. The molecule has 34 heavy (non-hydrogen) atoms. The molecule has 7 nitrogen and oxygen atoms in total. The zero-order chi connectivity index (χ0) is 24.0. The Hall–Kier alpha value is -3.74. The molecule has 2 amide bonds. The standard InChI is InChI=1S/C27H30N4O3/c1-27(2,30-23(32)18-20-10-5-3-6-11-20)26(33)31-17-9-12-21(19-31)24-25(29-16-15-28-24)34-22-13-7-4-8-14-22/h3-8,10-11,13-16,21H,9,12,17-19H2,1-2H3,(H,30,32)/t21-/m0/s1. The Kier molecular flexibility index (Phi) is 7.21. The summed E-state index contributed by atoms with van der Waals surface area (Å²) in [6.45, 7) is 4.66. The van der Waals surface area contributed by atoms with Crippen molar-refractivity contribution in [3.05, 3.63) is 84.3 Å². The van der Waals surface area contributed by atoms with E-state index in [4.69, 9.17) is 4.74 Å². The number of likely N-dealkylation sites (tertiary alicyclic amines) is 1. The normalized spacial score (nSPS) is 16.1. The number of nitrogens with zero attached hydrogens (tertiary/aromatic N) is 3. The lowest BCUT2D eigenvalue weighted by Crippen LogP contribution is -2.57. The molecule has 1 aliphatic heterocycles. The maximum Gasteiger partial charge on any atom is 0.247 e. The molecule has 0 spiro atoms. The van der Waals surface area contributed by atoms with E-state index < -0.39 is 5.54 Å². The highest BCUT2D eigenvalue weighted by Crippen LogP contribution is 2.33. The van der Waals surface area contributed by atoms with Crippen molar-refractivity contribution < 1.29 is 14.3 Å². The Morgan fingerprint density at radius 3 is 2.44 bits per heavy atom.